The Kier molecular flexibility index (Phi) is 4.61. The van der Waals surface area contributed by atoms with Gasteiger partial charge in [-0.05, 0) is 17.7 Å². The SMILES string of the molecule is CN(Cc1ccccc1Cl)c1nccc(CCl)c1F. The highest BCUT2D eigenvalue weighted by Crippen LogP contribution is 2.23. The van der Waals surface area contributed by atoms with E-state index < -0.39 is 0 Å². The van der Waals surface area contributed by atoms with Crippen LogP contribution in [0.15, 0.2) is 36.5 Å². The second kappa shape index (κ2) is 6.22. The summed E-state index contributed by atoms with van der Waals surface area (Å²) in [4.78, 5) is 5.78. The third-order valence-corrected chi connectivity index (χ3v) is 3.48. The van der Waals surface area contributed by atoms with E-state index in [1.54, 1.807) is 24.2 Å². The summed E-state index contributed by atoms with van der Waals surface area (Å²) >= 11 is 11.8. The maximum absolute atomic E-state index is 14.1. The second-order valence-corrected chi connectivity index (χ2v) is 4.86. The van der Waals surface area contributed by atoms with Gasteiger partial charge in [-0.15, -0.1) is 11.6 Å². The molecule has 2 rings (SSSR count). The average Bonchev–Trinajstić information content (AvgIpc) is 2.41. The van der Waals surface area contributed by atoms with Crippen molar-refractivity contribution in [3.05, 3.63) is 58.5 Å². The number of hydrogen-bond acceptors (Lipinski definition) is 2. The van der Waals surface area contributed by atoms with Gasteiger partial charge >= 0.3 is 0 Å². The van der Waals surface area contributed by atoms with Crippen molar-refractivity contribution in [2.45, 2.75) is 12.4 Å². The lowest BCUT2D eigenvalue weighted by Gasteiger charge is -2.20. The Morgan fingerprint density at radius 1 is 1.21 bits per heavy atom. The largest absolute Gasteiger partial charge is 0.353 e. The van der Waals surface area contributed by atoms with Crippen LogP contribution in [0.25, 0.3) is 0 Å². The van der Waals surface area contributed by atoms with E-state index in [1.165, 1.54) is 0 Å². The van der Waals surface area contributed by atoms with Gasteiger partial charge in [-0.25, -0.2) is 9.37 Å². The lowest BCUT2D eigenvalue weighted by molar-refractivity contribution is 0.604. The highest BCUT2D eigenvalue weighted by atomic mass is 35.5. The molecule has 0 aliphatic carbocycles. The van der Waals surface area contributed by atoms with Gasteiger partial charge < -0.3 is 4.90 Å². The van der Waals surface area contributed by atoms with Crippen LogP contribution in [0.2, 0.25) is 5.02 Å². The van der Waals surface area contributed by atoms with E-state index in [0.29, 0.717) is 17.1 Å². The summed E-state index contributed by atoms with van der Waals surface area (Å²) < 4.78 is 14.1. The van der Waals surface area contributed by atoms with Gasteiger partial charge in [0.05, 0.1) is 5.88 Å². The zero-order valence-corrected chi connectivity index (χ0v) is 11.9. The van der Waals surface area contributed by atoms with Crippen LogP contribution in [0.3, 0.4) is 0 Å². The number of benzene rings is 1. The molecule has 5 heteroatoms. The lowest BCUT2D eigenvalue weighted by Crippen LogP contribution is -2.19. The van der Waals surface area contributed by atoms with Gasteiger partial charge in [0.25, 0.3) is 0 Å². The quantitative estimate of drug-likeness (QED) is 0.785. The molecule has 0 fully saturated rings. The zero-order chi connectivity index (χ0) is 13.8. The van der Waals surface area contributed by atoms with Crippen LogP contribution in [-0.4, -0.2) is 12.0 Å². The molecule has 1 aromatic heterocycles. The molecule has 1 aromatic carbocycles. The van der Waals surface area contributed by atoms with E-state index in [-0.39, 0.29) is 17.5 Å². The molecule has 0 amide bonds. The number of halogens is 3. The summed E-state index contributed by atoms with van der Waals surface area (Å²) in [5, 5.41) is 0.656. The van der Waals surface area contributed by atoms with Crippen molar-refractivity contribution in [2.24, 2.45) is 0 Å². The first-order valence-corrected chi connectivity index (χ1v) is 6.68. The zero-order valence-electron chi connectivity index (χ0n) is 10.4. The summed E-state index contributed by atoms with van der Waals surface area (Å²) in [6, 6.07) is 9.05. The Balaban J connectivity index is 2.26. The van der Waals surface area contributed by atoms with E-state index in [2.05, 4.69) is 4.98 Å². The molecular weight excluding hydrogens is 286 g/mol. The molecule has 0 saturated heterocycles. The normalized spacial score (nSPS) is 10.5. The molecule has 100 valence electrons. The molecular formula is C14H13Cl2FN2. The average molecular weight is 299 g/mol. The fourth-order valence-corrected chi connectivity index (χ4v) is 2.20. The molecule has 0 saturated carbocycles. The summed E-state index contributed by atoms with van der Waals surface area (Å²) in [5.41, 5.74) is 1.36. The second-order valence-electron chi connectivity index (χ2n) is 4.19. The Bertz CT molecular complexity index is 575. The summed E-state index contributed by atoms with van der Waals surface area (Å²) in [6.45, 7) is 0.481. The van der Waals surface area contributed by atoms with Gasteiger partial charge in [0.2, 0.25) is 0 Å². The minimum Gasteiger partial charge on any atom is -0.353 e. The smallest absolute Gasteiger partial charge is 0.170 e. The molecule has 0 spiro atoms. The van der Waals surface area contributed by atoms with Crippen molar-refractivity contribution in [3.8, 4) is 0 Å². The molecule has 2 nitrogen and oxygen atoms in total. The van der Waals surface area contributed by atoms with Gasteiger partial charge in [-0.3, -0.25) is 0 Å². The van der Waals surface area contributed by atoms with Crippen LogP contribution in [0.4, 0.5) is 10.2 Å². The van der Waals surface area contributed by atoms with Crippen molar-refractivity contribution in [2.75, 3.05) is 11.9 Å². The van der Waals surface area contributed by atoms with E-state index in [9.17, 15) is 4.39 Å². The first kappa shape index (κ1) is 14.1. The lowest BCUT2D eigenvalue weighted by atomic mass is 10.2. The van der Waals surface area contributed by atoms with E-state index in [4.69, 9.17) is 23.2 Å². The maximum Gasteiger partial charge on any atom is 0.170 e. The predicted molar refractivity (Wildman–Crippen MR) is 77.3 cm³/mol. The van der Waals surface area contributed by atoms with Crippen LogP contribution >= 0.6 is 23.2 Å². The topological polar surface area (TPSA) is 16.1 Å². The molecule has 0 bridgehead atoms. The first-order chi connectivity index (χ1) is 9.13. The summed E-state index contributed by atoms with van der Waals surface area (Å²) in [7, 11) is 1.77. The van der Waals surface area contributed by atoms with Gasteiger partial charge in [0, 0.05) is 30.4 Å². The Morgan fingerprint density at radius 2 is 1.95 bits per heavy atom. The maximum atomic E-state index is 14.1. The number of pyridine rings is 1. The van der Waals surface area contributed by atoms with Crippen molar-refractivity contribution in [1.29, 1.82) is 0 Å². The van der Waals surface area contributed by atoms with Gasteiger partial charge in [-0.2, -0.15) is 0 Å². The van der Waals surface area contributed by atoms with Crippen molar-refractivity contribution in [3.63, 3.8) is 0 Å². The number of hydrogen-bond donors (Lipinski definition) is 0. The van der Waals surface area contributed by atoms with Crippen LogP contribution in [0, 0.1) is 5.82 Å². The first-order valence-electron chi connectivity index (χ1n) is 5.77. The van der Waals surface area contributed by atoms with Crippen molar-refractivity contribution >= 4 is 29.0 Å². The number of aromatic nitrogens is 1. The van der Waals surface area contributed by atoms with E-state index in [1.807, 2.05) is 24.3 Å². The predicted octanol–water partition coefficient (Wildman–Crippen LogP) is 4.25. The highest BCUT2D eigenvalue weighted by molar-refractivity contribution is 6.31. The van der Waals surface area contributed by atoms with Crippen molar-refractivity contribution in [1.82, 2.24) is 4.98 Å². The third-order valence-electron chi connectivity index (χ3n) is 2.82. The number of alkyl halides is 1. The van der Waals surface area contributed by atoms with Gasteiger partial charge in [0.15, 0.2) is 11.6 Å². The minimum atomic E-state index is -0.382. The van der Waals surface area contributed by atoms with Crippen LogP contribution in [0.5, 0.6) is 0 Å². The fourth-order valence-electron chi connectivity index (χ4n) is 1.80. The summed E-state index contributed by atoms with van der Waals surface area (Å²) in [6.07, 6.45) is 1.55. The molecule has 0 unspecified atom stereocenters. The van der Waals surface area contributed by atoms with Gasteiger partial charge in [-0.1, -0.05) is 29.8 Å². The fraction of sp³-hybridized carbons (Fsp3) is 0.214. The standard InChI is InChI=1S/C14H13Cl2FN2/c1-19(9-11-4-2-3-5-12(11)16)14-13(17)10(8-15)6-7-18-14/h2-7H,8-9H2,1H3. The van der Waals surface area contributed by atoms with Crippen LogP contribution < -0.4 is 4.90 Å². The van der Waals surface area contributed by atoms with Gasteiger partial charge in [0.1, 0.15) is 0 Å². The molecule has 0 aliphatic rings. The number of nitrogens with zero attached hydrogens (tertiary/aromatic N) is 2. The molecule has 0 radical (unpaired) electrons. The molecule has 0 N–H and O–H groups in total. The van der Waals surface area contributed by atoms with Crippen LogP contribution in [0.1, 0.15) is 11.1 Å². The number of rotatable bonds is 4. The molecule has 0 aliphatic heterocycles. The molecule has 1 heterocycles. The monoisotopic (exact) mass is 298 g/mol. The van der Waals surface area contributed by atoms with Crippen LogP contribution in [-0.2, 0) is 12.4 Å². The Hall–Kier alpha value is -1.32. The Labute approximate surface area is 121 Å². The molecule has 0 atom stereocenters. The summed E-state index contributed by atoms with van der Waals surface area (Å²) in [5.74, 6) is 0.0199. The van der Waals surface area contributed by atoms with Crippen molar-refractivity contribution < 1.29 is 4.39 Å². The minimum absolute atomic E-state index is 0.126. The molecule has 19 heavy (non-hydrogen) atoms. The Morgan fingerprint density at radius 3 is 2.63 bits per heavy atom. The van der Waals surface area contributed by atoms with E-state index in [0.717, 1.165) is 5.56 Å². The highest BCUT2D eigenvalue weighted by Gasteiger charge is 2.14. The molecule has 2 aromatic rings. The number of anilines is 1. The third kappa shape index (κ3) is 3.17. The van der Waals surface area contributed by atoms with E-state index >= 15 is 0 Å².